The van der Waals surface area contributed by atoms with Crippen LogP contribution in [0.15, 0.2) is 24.3 Å². The Labute approximate surface area is 112 Å². The van der Waals surface area contributed by atoms with Gasteiger partial charge in [-0.3, -0.25) is 0 Å². The third-order valence-electron chi connectivity index (χ3n) is 4.60. The van der Waals surface area contributed by atoms with E-state index in [1.54, 1.807) is 5.56 Å². The molecule has 1 saturated heterocycles. The Morgan fingerprint density at radius 1 is 1.06 bits per heavy atom. The molecule has 1 aromatic carbocycles. The first kappa shape index (κ1) is 13.6. The van der Waals surface area contributed by atoms with Crippen molar-refractivity contribution in [3.63, 3.8) is 0 Å². The van der Waals surface area contributed by atoms with Crippen LogP contribution in [0.1, 0.15) is 58.1 Å². The van der Waals surface area contributed by atoms with Crippen molar-refractivity contribution in [3.8, 4) is 0 Å². The van der Waals surface area contributed by atoms with Crippen LogP contribution < -0.4 is 5.32 Å². The van der Waals surface area contributed by atoms with Crippen LogP contribution in [0.25, 0.3) is 0 Å². The number of hydrogen-bond donors (Lipinski definition) is 1. The molecule has 0 bridgehead atoms. The van der Waals surface area contributed by atoms with Crippen LogP contribution in [-0.4, -0.2) is 13.1 Å². The average molecular weight is 245 g/mol. The molecular formula is C17H27N. The molecule has 2 rings (SSSR count). The Bertz CT molecular complexity index is 377. The summed E-state index contributed by atoms with van der Waals surface area (Å²) in [5, 5.41) is 3.48. The first-order chi connectivity index (χ1) is 8.48. The van der Waals surface area contributed by atoms with Gasteiger partial charge in [-0.15, -0.1) is 0 Å². The van der Waals surface area contributed by atoms with Crippen molar-refractivity contribution in [3.05, 3.63) is 35.4 Å². The lowest BCUT2D eigenvalue weighted by molar-refractivity contribution is 0.297. The van der Waals surface area contributed by atoms with Crippen LogP contribution in [-0.2, 0) is 10.8 Å². The van der Waals surface area contributed by atoms with Gasteiger partial charge in [-0.25, -0.2) is 0 Å². The minimum Gasteiger partial charge on any atom is -0.317 e. The lowest BCUT2D eigenvalue weighted by Gasteiger charge is -2.38. The fourth-order valence-corrected chi connectivity index (χ4v) is 3.08. The summed E-state index contributed by atoms with van der Waals surface area (Å²) in [5.41, 5.74) is 3.65. The van der Waals surface area contributed by atoms with E-state index >= 15 is 0 Å². The molecule has 1 aliphatic heterocycles. The zero-order valence-corrected chi connectivity index (χ0v) is 12.3. The van der Waals surface area contributed by atoms with Crippen LogP contribution in [0.2, 0.25) is 0 Å². The van der Waals surface area contributed by atoms with Gasteiger partial charge in [0, 0.05) is 0 Å². The molecule has 0 unspecified atom stereocenters. The molecule has 18 heavy (non-hydrogen) atoms. The highest BCUT2D eigenvalue weighted by molar-refractivity contribution is 5.32. The normalized spacial score (nSPS) is 19.8. The number of piperidine rings is 1. The maximum Gasteiger partial charge on any atom is -0.00255 e. The molecule has 1 heteroatoms. The van der Waals surface area contributed by atoms with Gasteiger partial charge < -0.3 is 5.32 Å². The SMILES string of the molecule is CCC1(c2ccc(C(C)(C)C)cc2)CCNCC1. The van der Waals surface area contributed by atoms with Crippen LogP contribution in [0.4, 0.5) is 0 Å². The molecule has 0 amide bonds. The fourth-order valence-electron chi connectivity index (χ4n) is 3.08. The summed E-state index contributed by atoms with van der Waals surface area (Å²) in [5.74, 6) is 0. The van der Waals surface area contributed by atoms with Crippen molar-refractivity contribution in [1.82, 2.24) is 5.32 Å². The standard InChI is InChI=1S/C17H27N/c1-5-17(10-12-18-13-11-17)15-8-6-14(7-9-15)16(2,3)4/h6-9,18H,5,10-13H2,1-4H3. The minimum atomic E-state index is 0.256. The topological polar surface area (TPSA) is 12.0 Å². The zero-order chi connectivity index (χ0) is 13.2. The molecule has 1 N–H and O–H groups in total. The first-order valence-electron chi connectivity index (χ1n) is 7.30. The number of rotatable bonds is 2. The zero-order valence-electron chi connectivity index (χ0n) is 12.3. The third kappa shape index (κ3) is 2.61. The van der Waals surface area contributed by atoms with Gasteiger partial charge in [0.15, 0.2) is 0 Å². The molecule has 0 saturated carbocycles. The van der Waals surface area contributed by atoms with Gasteiger partial charge in [0.2, 0.25) is 0 Å². The lowest BCUT2D eigenvalue weighted by Crippen LogP contribution is -2.39. The quantitative estimate of drug-likeness (QED) is 0.830. The predicted molar refractivity (Wildman–Crippen MR) is 79.2 cm³/mol. The van der Waals surface area contributed by atoms with Gasteiger partial charge in [0.05, 0.1) is 0 Å². The molecule has 0 spiro atoms. The second-order valence-corrected chi connectivity index (χ2v) is 6.71. The maximum absolute atomic E-state index is 3.48. The van der Waals surface area contributed by atoms with Gasteiger partial charge in [-0.1, -0.05) is 52.0 Å². The summed E-state index contributed by atoms with van der Waals surface area (Å²) >= 11 is 0. The van der Waals surface area contributed by atoms with Gasteiger partial charge in [-0.2, -0.15) is 0 Å². The Hall–Kier alpha value is -0.820. The van der Waals surface area contributed by atoms with E-state index in [1.807, 2.05) is 0 Å². The molecule has 0 aromatic heterocycles. The fraction of sp³-hybridized carbons (Fsp3) is 0.647. The summed E-state index contributed by atoms with van der Waals surface area (Å²) in [4.78, 5) is 0. The smallest absolute Gasteiger partial charge is 0.00255 e. The van der Waals surface area contributed by atoms with Gasteiger partial charge >= 0.3 is 0 Å². The van der Waals surface area contributed by atoms with E-state index in [1.165, 1.54) is 24.8 Å². The number of benzene rings is 1. The Balaban J connectivity index is 2.27. The van der Waals surface area contributed by atoms with E-state index in [0.29, 0.717) is 5.41 Å². The van der Waals surface area contributed by atoms with E-state index in [4.69, 9.17) is 0 Å². The Kier molecular flexibility index (Phi) is 3.82. The third-order valence-corrected chi connectivity index (χ3v) is 4.60. The molecular weight excluding hydrogens is 218 g/mol. The first-order valence-corrected chi connectivity index (χ1v) is 7.30. The van der Waals surface area contributed by atoms with Crippen molar-refractivity contribution in [2.75, 3.05) is 13.1 Å². The lowest BCUT2D eigenvalue weighted by atomic mass is 9.71. The van der Waals surface area contributed by atoms with Crippen LogP contribution in [0.5, 0.6) is 0 Å². The van der Waals surface area contributed by atoms with E-state index in [9.17, 15) is 0 Å². The molecule has 100 valence electrons. The molecule has 1 aromatic rings. The van der Waals surface area contributed by atoms with Crippen molar-refractivity contribution in [2.45, 2.75) is 57.8 Å². The largest absolute Gasteiger partial charge is 0.317 e. The van der Waals surface area contributed by atoms with E-state index in [-0.39, 0.29) is 5.41 Å². The Morgan fingerprint density at radius 2 is 1.61 bits per heavy atom. The van der Waals surface area contributed by atoms with Crippen molar-refractivity contribution >= 4 is 0 Å². The van der Waals surface area contributed by atoms with Crippen molar-refractivity contribution < 1.29 is 0 Å². The second-order valence-electron chi connectivity index (χ2n) is 6.71. The second kappa shape index (κ2) is 5.05. The molecule has 1 nitrogen and oxygen atoms in total. The molecule has 1 fully saturated rings. The molecule has 1 aliphatic rings. The van der Waals surface area contributed by atoms with Gasteiger partial charge in [0.1, 0.15) is 0 Å². The van der Waals surface area contributed by atoms with E-state index in [2.05, 4.69) is 57.3 Å². The van der Waals surface area contributed by atoms with Crippen molar-refractivity contribution in [2.24, 2.45) is 0 Å². The Morgan fingerprint density at radius 3 is 2.06 bits per heavy atom. The minimum absolute atomic E-state index is 0.256. The summed E-state index contributed by atoms with van der Waals surface area (Å²) in [6.07, 6.45) is 3.81. The maximum atomic E-state index is 3.48. The van der Waals surface area contributed by atoms with E-state index in [0.717, 1.165) is 13.1 Å². The van der Waals surface area contributed by atoms with Crippen LogP contribution in [0.3, 0.4) is 0 Å². The highest BCUT2D eigenvalue weighted by atomic mass is 14.9. The molecule has 0 aliphatic carbocycles. The monoisotopic (exact) mass is 245 g/mol. The molecule has 1 heterocycles. The summed E-state index contributed by atoms with van der Waals surface area (Å²) in [7, 11) is 0. The highest BCUT2D eigenvalue weighted by Gasteiger charge is 2.32. The molecule has 0 radical (unpaired) electrons. The summed E-state index contributed by atoms with van der Waals surface area (Å²) in [6.45, 7) is 11.5. The number of hydrogen-bond acceptors (Lipinski definition) is 1. The van der Waals surface area contributed by atoms with Crippen LogP contribution in [0, 0.1) is 0 Å². The average Bonchev–Trinajstić information content (AvgIpc) is 2.39. The van der Waals surface area contributed by atoms with Crippen LogP contribution >= 0.6 is 0 Å². The summed E-state index contributed by atoms with van der Waals surface area (Å²) < 4.78 is 0. The highest BCUT2D eigenvalue weighted by Crippen LogP contribution is 2.37. The van der Waals surface area contributed by atoms with Gasteiger partial charge in [0.25, 0.3) is 0 Å². The van der Waals surface area contributed by atoms with Gasteiger partial charge in [-0.05, 0) is 54.3 Å². The van der Waals surface area contributed by atoms with Crippen molar-refractivity contribution in [1.29, 1.82) is 0 Å². The number of nitrogens with one attached hydrogen (secondary N) is 1. The predicted octanol–water partition coefficient (Wildman–Crippen LogP) is 4.02. The van der Waals surface area contributed by atoms with E-state index < -0.39 is 0 Å². The summed E-state index contributed by atoms with van der Waals surface area (Å²) in [6, 6.07) is 9.40. The molecule has 0 atom stereocenters.